The monoisotopic (exact) mass is 322 g/mol. The van der Waals surface area contributed by atoms with Gasteiger partial charge in [-0.15, -0.1) is 5.10 Å². The average Bonchev–Trinajstić information content (AvgIpc) is 2.73. The van der Waals surface area contributed by atoms with Gasteiger partial charge in [0.25, 0.3) is 5.56 Å². The van der Waals surface area contributed by atoms with E-state index in [2.05, 4.69) is 15.0 Å². The molecule has 1 fully saturated rings. The minimum absolute atomic E-state index is 0.133. The number of esters is 1. The van der Waals surface area contributed by atoms with Crippen LogP contribution in [0.4, 0.5) is 5.13 Å². The van der Waals surface area contributed by atoms with Crippen LogP contribution < -0.4 is 10.5 Å². The molecule has 22 heavy (non-hydrogen) atoms. The van der Waals surface area contributed by atoms with Gasteiger partial charge in [-0.3, -0.25) is 4.79 Å². The summed E-state index contributed by atoms with van der Waals surface area (Å²) in [6, 6.07) is 1.18. The molecule has 3 heterocycles. The molecule has 0 atom stereocenters. The van der Waals surface area contributed by atoms with Crippen LogP contribution in [0.2, 0.25) is 0 Å². The number of carbonyl (C=O) groups excluding carboxylic acids is 1. The summed E-state index contributed by atoms with van der Waals surface area (Å²) >= 11 is 1.34. The third-order valence-corrected chi connectivity index (χ3v) is 4.57. The van der Waals surface area contributed by atoms with Gasteiger partial charge in [0.05, 0.1) is 6.61 Å². The minimum Gasteiger partial charge on any atom is -0.461 e. The Bertz CT molecular complexity index is 731. The molecule has 0 amide bonds. The molecule has 2 aromatic heterocycles. The summed E-state index contributed by atoms with van der Waals surface area (Å²) in [7, 11) is 0. The predicted molar refractivity (Wildman–Crippen MR) is 83.8 cm³/mol. The zero-order valence-corrected chi connectivity index (χ0v) is 13.3. The fourth-order valence-electron chi connectivity index (χ4n) is 2.55. The number of nitrogens with zero attached hydrogens (tertiary/aromatic N) is 4. The molecule has 118 valence electrons. The lowest BCUT2D eigenvalue weighted by Crippen LogP contribution is -2.24. The fraction of sp³-hybridized carbons (Fsp3) is 0.571. The van der Waals surface area contributed by atoms with Crippen molar-refractivity contribution in [1.29, 1.82) is 0 Å². The molecular formula is C14H18N4O3S. The van der Waals surface area contributed by atoms with Crippen molar-refractivity contribution in [3.05, 3.63) is 22.1 Å². The number of hydrogen-bond donors (Lipinski definition) is 0. The second kappa shape index (κ2) is 6.43. The van der Waals surface area contributed by atoms with Crippen LogP contribution in [0.5, 0.6) is 0 Å². The molecule has 7 nitrogen and oxygen atoms in total. The molecule has 0 aliphatic carbocycles. The van der Waals surface area contributed by atoms with Crippen molar-refractivity contribution < 1.29 is 9.53 Å². The summed E-state index contributed by atoms with van der Waals surface area (Å²) in [5, 5.41) is 5.28. The Labute approximate surface area is 131 Å². The first-order chi connectivity index (χ1) is 10.7. The SMILES string of the molecule is CCOC(=O)c1cc(=O)nc2sc(N3CCCCCC3)nn12. The fourth-order valence-corrected chi connectivity index (χ4v) is 3.50. The molecule has 0 radical (unpaired) electrons. The Kier molecular flexibility index (Phi) is 4.37. The zero-order chi connectivity index (χ0) is 15.5. The van der Waals surface area contributed by atoms with Crippen LogP contribution in [0, 0.1) is 0 Å². The van der Waals surface area contributed by atoms with Gasteiger partial charge in [0.2, 0.25) is 10.1 Å². The van der Waals surface area contributed by atoms with Crippen molar-refractivity contribution in [3.63, 3.8) is 0 Å². The van der Waals surface area contributed by atoms with E-state index >= 15 is 0 Å². The van der Waals surface area contributed by atoms with E-state index in [9.17, 15) is 9.59 Å². The second-order valence-electron chi connectivity index (χ2n) is 5.18. The van der Waals surface area contributed by atoms with Crippen LogP contribution in [0.3, 0.4) is 0 Å². The number of aromatic nitrogens is 3. The molecule has 1 aliphatic rings. The summed E-state index contributed by atoms with van der Waals surface area (Å²) < 4.78 is 6.41. The largest absolute Gasteiger partial charge is 0.461 e. The third kappa shape index (κ3) is 2.96. The number of fused-ring (bicyclic) bond motifs is 1. The Morgan fingerprint density at radius 2 is 2.05 bits per heavy atom. The predicted octanol–water partition coefficient (Wildman–Crippen LogP) is 1.71. The van der Waals surface area contributed by atoms with Gasteiger partial charge < -0.3 is 9.64 Å². The van der Waals surface area contributed by atoms with Crippen molar-refractivity contribution in [1.82, 2.24) is 14.6 Å². The molecular weight excluding hydrogens is 304 g/mol. The van der Waals surface area contributed by atoms with Gasteiger partial charge in [-0.05, 0) is 19.8 Å². The molecule has 0 bridgehead atoms. The van der Waals surface area contributed by atoms with Gasteiger partial charge in [0.15, 0.2) is 5.69 Å². The van der Waals surface area contributed by atoms with Crippen molar-refractivity contribution in [2.24, 2.45) is 0 Å². The topological polar surface area (TPSA) is 76.8 Å². The van der Waals surface area contributed by atoms with Gasteiger partial charge in [0, 0.05) is 19.2 Å². The van der Waals surface area contributed by atoms with Crippen LogP contribution in [-0.4, -0.2) is 40.3 Å². The quantitative estimate of drug-likeness (QED) is 0.801. The molecule has 0 N–H and O–H groups in total. The minimum atomic E-state index is -0.551. The van der Waals surface area contributed by atoms with Crippen molar-refractivity contribution in [3.8, 4) is 0 Å². The lowest BCUT2D eigenvalue weighted by atomic mass is 10.2. The molecule has 0 aromatic carbocycles. The molecule has 8 heteroatoms. The Balaban J connectivity index is 2.02. The van der Waals surface area contributed by atoms with Crippen molar-refractivity contribution in [2.75, 3.05) is 24.6 Å². The van der Waals surface area contributed by atoms with E-state index in [-0.39, 0.29) is 12.3 Å². The van der Waals surface area contributed by atoms with E-state index in [4.69, 9.17) is 4.74 Å². The second-order valence-corrected chi connectivity index (χ2v) is 6.11. The zero-order valence-electron chi connectivity index (χ0n) is 12.4. The highest BCUT2D eigenvalue weighted by Gasteiger charge is 2.19. The highest BCUT2D eigenvalue weighted by molar-refractivity contribution is 7.20. The molecule has 0 spiro atoms. The summed E-state index contributed by atoms with van der Waals surface area (Å²) in [4.78, 5) is 30.3. The van der Waals surface area contributed by atoms with Crippen molar-refractivity contribution in [2.45, 2.75) is 32.6 Å². The van der Waals surface area contributed by atoms with E-state index < -0.39 is 11.5 Å². The number of hydrogen-bond acceptors (Lipinski definition) is 7. The first-order valence-corrected chi connectivity index (χ1v) is 8.33. The smallest absolute Gasteiger partial charge is 0.357 e. The van der Waals surface area contributed by atoms with Crippen molar-refractivity contribution >= 4 is 27.4 Å². The van der Waals surface area contributed by atoms with E-state index in [1.807, 2.05) is 0 Å². The Hall–Kier alpha value is -1.96. The van der Waals surface area contributed by atoms with Crippen LogP contribution in [0.1, 0.15) is 43.1 Å². The highest BCUT2D eigenvalue weighted by atomic mass is 32.1. The van der Waals surface area contributed by atoms with E-state index in [0.29, 0.717) is 4.96 Å². The Morgan fingerprint density at radius 1 is 1.32 bits per heavy atom. The molecule has 0 saturated carbocycles. The maximum atomic E-state index is 12.0. The van der Waals surface area contributed by atoms with Crippen LogP contribution in [-0.2, 0) is 4.74 Å². The number of rotatable bonds is 3. The van der Waals surface area contributed by atoms with E-state index in [1.54, 1.807) is 6.92 Å². The first kappa shape index (κ1) is 15.0. The number of carbonyl (C=O) groups is 1. The number of ether oxygens (including phenoxy) is 1. The van der Waals surface area contributed by atoms with E-state index in [0.717, 1.165) is 31.1 Å². The number of anilines is 1. The van der Waals surface area contributed by atoms with Gasteiger partial charge in [0.1, 0.15) is 0 Å². The van der Waals surface area contributed by atoms with Crippen LogP contribution in [0.15, 0.2) is 10.9 Å². The lowest BCUT2D eigenvalue weighted by Gasteiger charge is -2.17. The molecule has 0 unspecified atom stereocenters. The molecule has 1 aliphatic heterocycles. The third-order valence-electron chi connectivity index (χ3n) is 3.60. The summed E-state index contributed by atoms with van der Waals surface area (Å²) in [6.07, 6.45) is 4.72. The Morgan fingerprint density at radius 3 is 2.73 bits per heavy atom. The molecule has 2 aromatic rings. The van der Waals surface area contributed by atoms with Gasteiger partial charge >= 0.3 is 5.97 Å². The highest BCUT2D eigenvalue weighted by Crippen LogP contribution is 2.25. The van der Waals surface area contributed by atoms with Crippen LogP contribution in [0.25, 0.3) is 4.96 Å². The van der Waals surface area contributed by atoms with Gasteiger partial charge in [-0.25, -0.2) is 4.79 Å². The lowest BCUT2D eigenvalue weighted by molar-refractivity contribution is 0.0516. The normalized spacial score (nSPS) is 15.8. The summed E-state index contributed by atoms with van der Waals surface area (Å²) in [5.74, 6) is -0.551. The summed E-state index contributed by atoms with van der Waals surface area (Å²) in [5.41, 5.74) is -0.316. The standard InChI is InChI=1S/C14H18N4O3S/c1-2-21-12(20)10-9-11(19)15-13-18(10)16-14(22-13)17-7-5-3-4-6-8-17/h9H,2-8H2,1H3. The summed E-state index contributed by atoms with van der Waals surface area (Å²) in [6.45, 7) is 3.86. The van der Waals surface area contributed by atoms with Gasteiger partial charge in [-0.2, -0.15) is 9.50 Å². The molecule has 1 saturated heterocycles. The van der Waals surface area contributed by atoms with Gasteiger partial charge in [-0.1, -0.05) is 24.2 Å². The maximum absolute atomic E-state index is 12.0. The molecule has 3 rings (SSSR count). The van der Waals surface area contributed by atoms with Crippen LogP contribution >= 0.6 is 11.3 Å². The van der Waals surface area contributed by atoms with E-state index in [1.165, 1.54) is 34.8 Å². The average molecular weight is 322 g/mol. The first-order valence-electron chi connectivity index (χ1n) is 7.52. The maximum Gasteiger partial charge on any atom is 0.357 e.